The Morgan fingerprint density at radius 1 is 1.10 bits per heavy atom. The number of hydrogen-bond donors (Lipinski definition) is 2. The van der Waals surface area contributed by atoms with Crippen LogP contribution in [-0.2, 0) is 16.2 Å². The molecule has 0 fully saturated rings. The summed E-state index contributed by atoms with van der Waals surface area (Å²) < 4.78 is 64.4. The summed E-state index contributed by atoms with van der Waals surface area (Å²) >= 11 is 0. The fourth-order valence-corrected chi connectivity index (χ4v) is 3.45. The second kappa shape index (κ2) is 6.33. The Morgan fingerprint density at radius 3 is 1.90 bits per heavy atom. The van der Waals surface area contributed by atoms with Crippen LogP contribution >= 0.6 is 0 Å². The van der Waals surface area contributed by atoms with E-state index in [1.807, 2.05) is 0 Å². The summed E-state index contributed by atoms with van der Waals surface area (Å²) in [7, 11) is -3.91. The van der Waals surface area contributed by atoms with Gasteiger partial charge in [0.2, 0.25) is 10.0 Å². The van der Waals surface area contributed by atoms with Gasteiger partial charge in [-0.05, 0) is 37.1 Å². The molecule has 0 saturated heterocycles. The number of benzene rings is 1. The molecule has 0 radical (unpaired) electrons. The van der Waals surface area contributed by atoms with Crippen LogP contribution in [0.2, 0.25) is 0 Å². The topological polar surface area (TPSA) is 72.2 Å². The van der Waals surface area contributed by atoms with Gasteiger partial charge in [-0.3, -0.25) is 0 Å². The number of halogens is 3. The van der Waals surface area contributed by atoms with Crippen molar-refractivity contribution in [1.29, 1.82) is 0 Å². The molecule has 1 aromatic carbocycles. The summed E-state index contributed by atoms with van der Waals surface area (Å²) in [6.45, 7) is 3.71. The Hall–Kier alpha value is -1.12. The van der Waals surface area contributed by atoms with E-state index in [-0.39, 0.29) is 11.4 Å². The van der Waals surface area contributed by atoms with Gasteiger partial charge < -0.3 is 5.73 Å². The lowest BCUT2D eigenvalue weighted by molar-refractivity contribution is -0.137. The predicted molar refractivity (Wildman–Crippen MR) is 74.1 cm³/mol. The molecule has 0 aromatic heterocycles. The van der Waals surface area contributed by atoms with Crippen molar-refractivity contribution in [2.24, 2.45) is 5.73 Å². The van der Waals surface area contributed by atoms with Gasteiger partial charge >= 0.3 is 6.18 Å². The Kier molecular flexibility index (Phi) is 5.40. The van der Waals surface area contributed by atoms with Gasteiger partial charge in [0.15, 0.2) is 0 Å². The Balaban J connectivity index is 3.09. The summed E-state index contributed by atoms with van der Waals surface area (Å²) in [6, 6.07) is 3.38. The summed E-state index contributed by atoms with van der Waals surface area (Å²) in [5, 5.41) is 0. The highest BCUT2D eigenvalue weighted by atomic mass is 32.2. The summed E-state index contributed by atoms with van der Waals surface area (Å²) in [5.74, 6) is 0. The quantitative estimate of drug-likeness (QED) is 0.844. The van der Waals surface area contributed by atoms with E-state index < -0.39 is 27.3 Å². The minimum absolute atomic E-state index is 0.111. The minimum atomic E-state index is -4.50. The molecule has 0 saturated carbocycles. The molecule has 1 aromatic rings. The summed E-state index contributed by atoms with van der Waals surface area (Å²) in [4.78, 5) is -0.213. The van der Waals surface area contributed by atoms with Crippen LogP contribution in [0.5, 0.6) is 0 Å². The number of rotatable bonds is 6. The van der Waals surface area contributed by atoms with Crippen LogP contribution in [0, 0.1) is 0 Å². The van der Waals surface area contributed by atoms with Gasteiger partial charge in [-0.15, -0.1) is 0 Å². The van der Waals surface area contributed by atoms with Crippen LogP contribution in [0.1, 0.15) is 32.3 Å². The molecular weight excluding hydrogens is 305 g/mol. The SMILES string of the molecule is CCC(CC)(CN)NS(=O)(=O)c1ccc(C(F)(F)F)cc1. The highest BCUT2D eigenvalue weighted by Crippen LogP contribution is 2.30. The number of nitrogens with two attached hydrogens (primary N) is 1. The molecule has 0 amide bonds. The van der Waals surface area contributed by atoms with E-state index in [9.17, 15) is 21.6 Å². The van der Waals surface area contributed by atoms with Gasteiger partial charge in [-0.25, -0.2) is 13.1 Å². The highest BCUT2D eigenvalue weighted by Gasteiger charge is 2.33. The molecular formula is C13H19F3N2O2S. The van der Waals surface area contributed by atoms with Gasteiger partial charge in [-0.1, -0.05) is 13.8 Å². The monoisotopic (exact) mass is 324 g/mol. The van der Waals surface area contributed by atoms with E-state index in [4.69, 9.17) is 5.73 Å². The molecule has 8 heteroatoms. The van der Waals surface area contributed by atoms with E-state index in [2.05, 4.69) is 4.72 Å². The van der Waals surface area contributed by atoms with Crippen molar-refractivity contribution in [3.05, 3.63) is 29.8 Å². The van der Waals surface area contributed by atoms with Crippen molar-refractivity contribution in [3.63, 3.8) is 0 Å². The van der Waals surface area contributed by atoms with Crippen molar-refractivity contribution in [2.45, 2.75) is 43.3 Å². The van der Waals surface area contributed by atoms with Crippen molar-refractivity contribution < 1.29 is 21.6 Å². The second-order valence-corrected chi connectivity index (χ2v) is 6.50. The average molecular weight is 324 g/mol. The molecule has 0 aliphatic rings. The van der Waals surface area contributed by atoms with Crippen LogP contribution in [0.4, 0.5) is 13.2 Å². The van der Waals surface area contributed by atoms with Crippen LogP contribution in [0.25, 0.3) is 0 Å². The third kappa shape index (κ3) is 4.18. The zero-order valence-electron chi connectivity index (χ0n) is 11.9. The van der Waals surface area contributed by atoms with Crippen molar-refractivity contribution in [2.75, 3.05) is 6.54 Å². The van der Waals surface area contributed by atoms with Gasteiger partial charge in [0, 0.05) is 12.1 Å². The molecule has 0 aliphatic heterocycles. The number of sulfonamides is 1. The normalized spacial score (nSPS) is 13.4. The maximum Gasteiger partial charge on any atom is 0.416 e. The van der Waals surface area contributed by atoms with E-state index in [1.165, 1.54) is 0 Å². The van der Waals surface area contributed by atoms with Gasteiger partial charge in [0.1, 0.15) is 0 Å². The van der Waals surface area contributed by atoms with Crippen molar-refractivity contribution in [3.8, 4) is 0 Å². The first-order valence-electron chi connectivity index (χ1n) is 6.51. The number of hydrogen-bond acceptors (Lipinski definition) is 3. The van der Waals surface area contributed by atoms with E-state index in [0.29, 0.717) is 12.8 Å². The molecule has 0 spiro atoms. The Bertz CT molecular complexity index is 556. The highest BCUT2D eigenvalue weighted by molar-refractivity contribution is 7.89. The molecule has 0 atom stereocenters. The number of alkyl halides is 3. The van der Waals surface area contributed by atoms with Gasteiger partial charge in [0.05, 0.1) is 10.5 Å². The fraction of sp³-hybridized carbons (Fsp3) is 0.538. The molecule has 0 aliphatic carbocycles. The molecule has 3 N–H and O–H groups in total. The van der Waals surface area contributed by atoms with Gasteiger partial charge in [-0.2, -0.15) is 13.2 Å². The van der Waals surface area contributed by atoms with Crippen LogP contribution in [0.15, 0.2) is 29.2 Å². The smallest absolute Gasteiger partial charge is 0.329 e. The summed E-state index contributed by atoms with van der Waals surface area (Å²) in [5.41, 5.74) is 3.94. The fourth-order valence-electron chi connectivity index (χ4n) is 1.89. The Morgan fingerprint density at radius 2 is 1.57 bits per heavy atom. The maximum absolute atomic E-state index is 12.5. The lowest BCUT2D eigenvalue weighted by Crippen LogP contribution is -2.52. The predicted octanol–water partition coefficient (Wildman–Crippen LogP) is 2.50. The zero-order valence-corrected chi connectivity index (χ0v) is 12.7. The van der Waals surface area contributed by atoms with Crippen LogP contribution < -0.4 is 10.5 Å². The van der Waals surface area contributed by atoms with E-state index in [0.717, 1.165) is 24.3 Å². The standard InChI is InChI=1S/C13H19F3N2O2S/c1-3-12(4-2,9-17)18-21(19,20)11-7-5-10(6-8-11)13(14,15)16/h5-8,18H,3-4,9,17H2,1-2H3. The average Bonchev–Trinajstić information content (AvgIpc) is 2.44. The first-order valence-corrected chi connectivity index (χ1v) is 8.00. The molecule has 0 heterocycles. The molecule has 120 valence electrons. The van der Waals surface area contributed by atoms with E-state index in [1.54, 1.807) is 13.8 Å². The lowest BCUT2D eigenvalue weighted by atomic mass is 9.95. The lowest BCUT2D eigenvalue weighted by Gasteiger charge is -2.31. The minimum Gasteiger partial charge on any atom is -0.329 e. The molecule has 1 rings (SSSR count). The molecule has 4 nitrogen and oxygen atoms in total. The molecule has 0 unspecified atom stereocenters. The third-order valence-corrected chi connectivity index (χ3v) is 5.18. The zero-order chi connectivity index (χ0) is 16.3. The maximum atomic E-state index is 12.5. The molecule has 21 heavy (non-hydrogen) atoms. The van der Waals surface area contributed by atoms with Crippen molar-refractivity contribution >= 4 is 10.0 Å². The van der Waals surface area contributed by atoms with Crippen LogP contribution in [-0.4, -0.2) is 20.5 Å². The van der Waals surface area contributed by atoms with Crippen LogP contribution in [0.3, 0.4) is 0 Å². The first-order chi connectivity index (χ1) is 9.60. The Labute approximate surface area is 122 Å². The van der Waals surface area contributed by atoms with Gasteiger partial charge in [0.25, 0.3) is 0 Å². The second-order valence-electron chi connectivity index (χ2n) is 4.82. The molecule has 0 bridgehead atoms. The van der Waals surface area contributed by atoms with E-state index >= 15 is 0 Å². The number of nitrogens with one attached hydrogen (secondary N) is 1. The third-order valence-electron chi connectivity index (χ3n) is 3.59. The van der Waals surface area contributed by atoms with Crippen molar-refractivity contribution in [1.82, 2.24) is 4.72 Å². The summed E-state index contributed by atoms with van der Waals surface area (Å²) in [6.07, 6.45) is -3.52. The largest absolute Gasteiger partial charge is 0.416 e. The first kappa shape index (κ1) is 17.9.